The van der Waals surface area contributed by atoms with Crippen LogP contribution in [0.3, 0.4) is 0 Å². The Morgan fingerprint density at radius 1 is 1.18 bits per heavy atom. The smallest absolute Gasteiger partial charge is 0.136 e. The summed E-state index contributed by atoms with van der Waals surface area (Å²) in [4.78, 5) is 2.20. The Bertz CT molecular complexity index is 543. The Hall–Kier alpha value is -0.740. The summed E-state index contributed by atoms with van der Waals surface area (Å²) in [5, 5.41) is 10.4. The van der Waals surface area contributed by atoms with E-state index < -0.39 is 0 Å². The van der Waals surface area contributed by atoms with Crippen molar-refractivity contribution < 1.29 is 5.11 Å². The van der Waals surface area contributed by atoms with Crippen LogP contribution in [0.1, 0.15) is 56.9 Å². The van der Waals surface area contributed by atoms with Gasteiger partial charge < -0.3 is 10.0 Å². The average Bonchev–Trinajstić information content (AvgIpc) is 2.44. The lowest BCUT2D eigenvalue weighted by Crippen LogP contribution is -2.26. The van der Waals surface area contributed by atoms with Crippen LogP contribution in [0.2, 0.25) is 0 Å². The zero-order valence-corrected chi connectivity index (χ0v) is 16.5. The number of aromatic hydroxyl groups is 1. The van der Waals surface area contributed by atoms with E-state index in [2.05, 4.69) is 52.5 Å². The highest BCUT2D eigenvalue weighted by Gasteiger charge is 2.22. The molecule has 0 fully saturated rings. The van der Waals surface area contributed by atoms with Gasteiger partial charge >= 0.3 is 0 Å². The number of nitrogens with zero attached hydrogens (tertiary/aromatic N) is 1. The van der Waals surface area contributed by atoms with Crippen molar-refractivity contribution in [3.63, 3.8) is 0 Å². The molecule has 1 aromatic rings. The fraction of sp³-hybridized carbons (Fsp3) is 0.611. The standard InChI is InChI=1S/C18H29NOS2/c1-8-19(9-2)17(21)22-11-14-10-15(18(5,6)7)16(20)13(4)12(14)3/h10,20H,8-9,11H2,1-7H3. The largest absolute Gasteiger partial charge is 0.507 e. The van der Waals surface area contributed by atoms with E-state index in [9.17, 15) is 5.11 Å². The lowest BCUT2D eigenvalue weighted by Gasteiger charge is -2.25. The van der Waals surface area contributed by atoms with Crippen LogP contribution in [-0.4, -0.2) is 27.4 Å². The van der Waals surface area contributed by atoms with E-state index in [1.165, 1.54) is 11.1 Å². The van der Waals surface area contributed by atoms with E-state index in [-0.39, 0.29) is 5.41 Å². The Labute approximate surface area is 145 Å². The maximum absolute atomic E-state index is 10.4. The van der Waals surface area contributed by atoms with Crippen molar-refractivity contribution in [1.82, 2.24) is 4.90 Å². The van der Waals surface area contributed by atoms with Crippen LogP contribution >= 0.6 is 24.0 Å². The fourth-order valence-electron chi connectivity index (χ4n) is 2.41. The van der Waals surface area contributed by atoms with Crippen LogP contribution in [0.5, 0.6) is 5.75 Å². The quantitative estimate of drug-likeness (QED) is 0.765. The summed E-state index contributed by atoms with van der Waals surface area (Å²) in [5.41, 5.74) is 4.36. The molecule has 124 valence electrons. The molecule has 0 amide bonds. The molecule has 0 aliphatic heterocycles. The van der Waals surface area contributed by atoms with E-state index in [1.807, 2.05) is 6.92 Å². The highest BCUT2D eigenvalue weighted by atomic mass is 32.2. The third-order valence-corrected chi connectivity index (χ3v) is 5.73. The summed E-state index contributed by atoms with van der Waals surface area (Å²) in [7, 11) is 0. The molecule has 0 unspecified atom stereocenters. The molecular formula is C18H29NOS2. The second-order valence-electron chi connectivity index (χ2n) is 6.66. The minimum Gasteiger partial charge on any atom is -0.507 e. The van der Waals surface area contributed by atoms with Gasteiger partial charge in [0, 0.05) is 18.8 Å². The Balaban J connectivity index is 3.06. The predicted octanol–water partition coefficient (Wildman–Crippen LogP) is 5.17. The third kappa shape index (κ3) is 4.39. The molecule has 1 rings (SSSR count). The van der Waals surface area contributed by atoms with Gasteiger partial charge in [0.25, 0.3) is 0 Å². The van der Waals surface area contributed by atoms with Gasteiger partial charge in [-0.1, -0.05) is 50.8 Å². The molecule has 22 heavy (non-hydrogen) atoms. The minimum absolute atomic E-state index is 0.0681. The first kappa shape index (κ1) is 19.3. The van der Waals surface area contributed by atoms with Crippen molar-refractivity contribution in [2.45, 2.75) is 59.6 Å². The van der Waals surface area contributed by atoms with Gasteiger partial charge in [-0.05, 0) is 55.4 Å². The predicted molar refractivity (Wildman–Crippen MR) is 103 cm³/mol. The maximum Gasteiger partial charge on any atom is 0.136 e. The van der Waals surface area contributed by atoms with Crippen LogP contribution in [0.15, 0.2) is 6.07 Å². The van der Waals surface area contributed by atoms with Gasteiger partial charge in [0.2, 0.25) is 0 Å². The molecule has 0 saturated heterocycles. The number of hydrogen-bond donors (Lipinski definition) is 1. The Kier molecular flexibility index (Phi) is 6.75. The van der Waals surface area contributed by atoms with Crippen LogP contribution in [0.25, 0.3) is 0 Å². The SMILES string of the molecule is CCN(CC)C(=S)SCc1cc(C(C)(C)C)c(O)c(C)c1C. The lowest BCUT2D eigenvalue weighted by molar-refractivity contribution is 0.442. The van der Waals surface area contributed by atoms with Gasteiger partial charge in [-0.15, -0.1) is 0 Å². The van der Waals surface area contributed by atoms with Crippen LogP contribution in [0.4, 0.5) is 0 Å². The molecule has 0 spiro atoms. The molecule has 1 aromatic carbocycles. The van der Waals surface area contributed by atoms with Gasteiger partial charge in [-0.25, -0.2) is 0 Å². The van der Waals surface area contributed by atoms with E-state index in [0.29, 0.717) is 5.75 Å². The monoisotopic (exact) mass is 339 g/mol. The van der Waals surface area contributed by atoms with Gasteiger partial charge in [0.15, 0.2) is 0 Å². The Morgan fingerprint density at radius 2 is 1.73 bits per heavy atom. The molecule has 0 aliphatic carbocycles. The van der Waals surface area contributed by atoms with Crippen molar-refractivity contribution in [1.29, 1.82) is 0 Å². The lowest BCUT2D eigenvalue weighted by atomic mass is 9.83. The third-order valence-electron chi connectivity index (χ3n) is 4.15. The molecular weight excluding hydrogens is 310 g/mol. The molecule has 0 bridgehead atoms. The zero-order valence-electron chi connectivity index (χ0n) is 14.9. The number of phenolic OH excluding ortho intramolecular Hbond substituents is 1. The summed E-state index contributed by atoms with van der Waals surface area (Å²) in [6, 6.07) is 2.15. The van der Waals surface area contributed by atoms with Crippen molar-refractivity contribution in [3.8, 4) is 5.75 Å². The molecule has 0 aromatic heterocycles. The number of hydrogen-bond acceptors (Lipinski definition) is 3. The first-order chi connectivity index (χ1) is 10.1. The van der Waals surface area contributed by atoms with E-state index in [4.69, 9.17) is 12.2 Å². The van der Waals surface area contributed by atoms with Crippen molar-refractivity contribution in [3.05, 3.63) is 28.3 Å². The fourth-order valence-corrected chi connectivity index (χ4v) is 3.86. The van der Waals surface area contributed by atoms with Crippen LogP contribution in [-0.2, 0) is 11.2 Å². The first-order valence-corrected chi connectivity index (χ1v) is 9.27. The van der Waals surface area contributed by atoms with Crippen molar-refractivity contribution >= 4 is 28.3 Å². The normalized spacial score (nSPS) is 11.6. The van der Waals surface area contributed by atoms with E-state index in [0.717, 1.165) is 34.3 Å². The molecule has 0 saturated carbocycles. The van der Waals surface area contributed by atoms with Gasteiger partial charge in [-0.3, -0.25) is 0 Å². The zero-order chi connectivity index (χ0) is 17.1. The average molecular weight is 340 g/mol. The van der Waals surface area contributed by atoms with Crippen LogP contribution in [0, 0.1) is 13.8 Å². The maximum atomic E-state index is 10.4. The van der Waals surface area contributed by atoms with E-state index in [1.54, 1.807) is 11.8 Å². The topological polar surface area (TPSA) is 23.5 Å². The summed E-state index contributed by atoms with van der Waals surface area (Å²) in [5.74, 6) is 1.29. The molecule has 1 N–H and O–H groups in total. The first-order valence-electron chi connectivity index (χ1n) is 7.87. The number of benzene rings is 1. The molecule has 0 atom stereocenters. The second kappa shape index (κ2) is 7.69. The molecule has 0 heterocycles. The van der Waals surface area contributed by atoms with Crippen molar-refractivity contribution in [2.75, 3.05) is 13.1 Å². The number of rotatable bonds is 4. The number of thiocarbonyl (C=S) groups is 1. The number of phenols is 1. The molecule has 2 nitrogen and oxygen atoms in total. The summed E-state index contributed by atoms with van der Waals surface area (Å²) < 4.78 is 0.951. The summed E-state index contributed by atoms with van der Waals surface area (Å²) in [6.07, 6.45) is 0. The Morgan fingerprint density at radius 3 is 2.18 bits per heavy atom. The summed E-state index contributed by atoms with van der Waals surface area (Å²) >= 11 is 7.23. The molecule has 0 radical (unpaired) electrons. The minimum atomic E-state index is -0.0681. The summed E-state index contributed by atoms with van der Waals surface area (Å²) in [6.45, 7) is 16.6. The molecule has 4 heteroatoms. The van der Waals surface area contributed by atoms with Gasteiger partial charge in [0.05, 0.1) is 0 Å². The number of thioether (sulfide) groups is 1. The van der Waals surface area contributed by atoms with Gasteiger partial charge in [-0.2, -0.15) is 0 Å². The van der Waals surface area contributed by atoms with E-state index >= 15 is 0 Å². The van der Waals surface area contributed by atoms with Crippen molar-refractivity contribution in [2.24, 2.45) is 0 Å². The molecule has 0 aliphatic rings. The highest BCUT2D eigenvalue weighted by molar-refractivity contribution is 8.22. The second-order valence-corrected chi connectivity index (χ2v) is 8.27. The van der Waals surface area contributed by atoms with Crippen LogP contribution < -0.4 is 0 Å². The highest BCUT2D eigenvalue weighted by Crippen LogP contribution is 2.37. The van der Waals surface area contributed by atoms with Gasteiger partial charge in [0.1, 0.15) is 10.1 Å².